The third-order valence-electron chi connectivity index (χ3n) is 4.15. The third-order valence-corrected chi connectivity index (χ3v) is 4.15. The first-order valence-electron chi connectivity index (χ1n) is 8.15. The van der Waals surface area contributed by atoms with Crippen LogP contribution in [0.3, 0.4) is 0 Å². The molecule has 0 saturated carbocycles. The summed E-state index contributed by atoms with van der Waals surface area (Å²) >= 11 is 0. The molecule has 126 valence electrons. The van der Waals surface area contributed by atoms with Crippen LogP contribution in [0.4, 0.5) is 4.79 Å². The van der Waals surface area contributed by atoms with Crippen molar-refractivity contribution in [2.75, 3.05) is 20.3 Å². The molecule has 0 aliphatic heterocycles. The molecular weight excluding hydrogens is 304 g/mol. The number of ether oxygens (including phenoxy) is 2. The second-order valence-corrected chi connectivity index (χ2v) is 5.71. The van der Waals surface area contributed by atoms with Crippen molar-refractivity contribution in [1.82, 2.24) is 10.6 Å². The summed E-state index contributed by atoms with van der Waals surface area (Å²) in [5.74, 6) is 1.54. The molecule has 2 aromatic rings. The Balaban J connectivity index is 1.38. The lowest BCUT2D eigenvalue weighted by Crippen LogP contribution is -2.39. The maximum absolute atomic E-state index is 12.0. The first-order valence-corrected chi connectivity index (χ1v) is 8.15. The highest BCUT2D eigenvalue weighted by molar-refractivity contribution is 5.74. The maximum atomic E-state index is 12.0. The first-order chi connectivity index (χ1) is 11.8. The van der Waals surface area contributed by atoms with Crippen molar-refractivity contribution >= 4 is 6.03 Å². The number of fused-ring (bicyclic) bond motifs is 1. The molecule has 3 rings (SSSR count). The fraction of sp³-hybridized carbons (Fsp3) is 0.316. The highest BCUT2D eigenvalue weighted by Crippen LogP contribution is 2.30. The van der Waals surface area contributed by atoms with Crippen molar-refractivity contribution in [3.8, 4) is 11.5 Å². The minimum atomic E-state index is -0.157. The van der Waals surface area contributed by atoms with Crippen LogP contribution < -0.4 is 20.1 Å². The molecule has 5 nitrogen and oxygen atoms in total. The Labute approximate surface area is 142 Å². The van der Waals surface area contributed by atoms with Gasteiger partial charge in [-0.2, -0.15) is 0 Å². The summed E-state index contributed by atoms with van der Waals surface area (Å²) in [6.07, 6.45) is 1.97. The molecule has 0 saturated heterocycles. The van der Waals surface area contributed by atoms with E-state index in [0.29, 0.717) is 13.2 Å². The Morgan fingerprint density at radius 1 is 1.12 bits per heavy atom. The van der Waals surface area contributed by atoms with Crippen LogP contribution in [0.25, 0.3) is 0 Å². The highest BCUT2D eigenvalue weighted by atomic mass is 16.5. The molecule has 0 aromatic heterocycles. The summed E-state index contributed by atoms with van der Waals surface area (Å²) in [5.41, 5.74) is 2.55. The summed E-state index contributed by atoms with van der Waals surface area (Å²) in [7, 11) is 1.63. The summed E-state index contributed by atoms with van der Waals surface area (Å²) in [4.78, 5) is 12.0. The van der Waals surface area contributed by atoms with E-state index in [1.165, 1.54) is 11.1 Å². The van der Waals surface area contributed by atoms with Crippen LogP contribution in [0.15, 0.2) is 48.5 Å². The van der Waals surface area contributed by atoms with Gasteiger partial charge in [-0.15, -0.1) is 0 Å². The van der Waals surface area contributed by atoms with Gasteiger partial charge in [-0.25, -0.2) is 4.79 Å². The Hall–Kier alpha value is -2.69. The van der Waals surface area contributed by atoms with Crippen molar-refractivity contribution in [2.45, 2.75) is 18.9 Å². The van der Waals surface area contributed by atoms with E-state index in [2.05, 4.69) is 22.8 Å². The van der Waals surface area contributed by atoms with Gasteiger partial charge in [-0.3, -0.25) is 0 Å². The fourth-order valence-electron chi connectivity index (χ4n) is 2.92. The Morgan fingerprint density at radius 2 is 1.88 bits per heavy atom. The number of amides is 2. The van der Waals surface area contributed by atoms with E-state index in [4.69, 9.17) is 9.47 Å². The van der Waals surface area contributed by atoms with E-state index in [1.54, 1.807) is 7.11 Å². The van der Waals surface area contributed by atoms with E-state index >= 15 is 0 Å². The van der Waals surface area contributed by atoms with Gasteiger partial charge < -0.3 is 20.1 Å². The Kier molecular flexibility index (Phi) is 5.21. The minimum Gasteiger partial charge on any atom is -0.497 e. The molecule has 2 N–H and O–H groups in total. The zero-order chi connectivity index (χ0) is 16.8. The molecule has 0 fully saturated rings. The van der Waals surface area contributed by atoms with E-state index in [9.17, 15) is 4.79 Å². The molecule has 0 heterocycles. The molecule has 2 amide bonds. The van der Waals surface area contributed by atoms with E-state index in [1.807, 2.05) is 36.4 Å². The van der Waals surface area contributed by atoms with Crippen molar-refractivity contribution in [2.24, 2.45) is 0 Å². The normalized spacial score (nSPS) is 15.5. The number of carbonyl (C=O) groups is 1. The number of hydrogen-bond acceptors (Lipinski definition) is 3. The van der Waals surface area contributed by atoms with Crippen LogP contribution in [-0.4, -0.2) is 26.3 Å². The molecule has 1 aliphatic carbocycles. The maximum Gasteiger partial charge on any atom is 0.315 e. The molecular formula is C19H22N2O3. The molecule has 0 bridgehead atoms. The number of aryl methyl sites for hydroxylation is 1. The predicted molar refractivity (Wildman–Crippen MR) is 92.5 cm³/mol. The summed E-state index contributed by atoms with van der Waals surface area (Å²) in [6, 6.07) is 15.6. The summed E-state index contributed by atoms with van der Waals surface area (Å²) in [5, 5.41) is 5.86. The molecule has 5 heteroatoms. The van der Waals surface area contributed by atoms with Gasteiger partial charge in [0.2, 0.25) is 0 Å². The van der Waals surface area contributed by atoms with Crippen LogP contribution in [-0.2, 0) is 6.42 Å². The fourth-order valence-corrected chi connectivity index (χ4v) is 2.92. The van der Waals surface area contributed by atoms with E-state index < -0.39 is 0 Å². The lowest BCUT2D eigenvalue weighted by Gasteiger charge is -2.15. The molecule has 1 unspecified atom stereocenters. The van der Waals surface area contributed by atoms with Crippen LogP contribution >= 0.6 is 0 Å². The number of benzene rings is 2. The van der Waals surface area contributed by atoms with Crippen LogP contribution in [0.5, 0.6) is 11.5 Å². The topological polar surface area (TPSA) is 59.6 Å². The van der Waals surface area contributed by atoms with Gasteiger partial charge in [0.25, 0.3) is 0 Å². The standard InChI is InChI=1S/C19H22N2O3/c1-23-15-7-9-16(10-8-15)24-13-12-20-19(22)21-18-11-6-14-4-2-3-5-17(14)18/h2-5,7-10,18H,6,11-13H2,1H3,(H2,20,21,22). The quantitative estimate of drug-likeness (QED) is 0.802. The number of carbonyl (C=O) groups excluding carboxylic acids is 1. The molecule has 2 aromatic carbocycles. The highest BCUT2D eigenvalue weighted by Gasteiger charge is 2.22. The Bertz CT molecular complexity index is 685. The predicted octanol–water partition coefficient (Wildman–Crippen LogP) is 3.06. The van der Waals surface area contributed by atoms with Crippen molar-refractivity contribution < 1.29 is 14.3 Å². The molecule has 1 atom stereocenters. The number of hydrogen-bond donors (Lipinski definition) is 2. The molecule has 0 radical (unpaired) electrons. The van der Waals surface area contributed by atoms with Gasteiger partial charge in [-0.1, -0.05) is 24.3 Å². The van der Waals surface area contributed by atoms with E-state index in [0.717, 1.165) is 24.3 Å². The number of nitrogens with one attached hydrogen (secondary N) is 2. The Morgan fingerprint density at radius 3 is 2.67 bits per heavy atom. The smallest absolute Gasteiger partial charge is 0.315 e. The molecule has 1 aliphatic rings. The molecule has 24 heavy (non-hydrogen) atoms. The van der Waals surface area contributed by atoms with E-state index in [-0.39, 0.29) is 12.1 Å². The molecule has 0 spiro atoms. The lowest BCUT2D eigenvalue weighted by molar-refractivity contribution is 0.232. The van der Waals surface area contributed by atoms with Gasteiger partial charge in [0, 0.05) is 0 Å². The minimum absolute atomic E-state index is 0.101. The monoisotopic (exact) mass is 326 g/mol. The van der Waals surface area contributed by atoms with Crippen molar-refractivity contribution in [1.29, 1.82) is 0 Å². The summed E-state index contributed by atoms with van der Waals surface area (Å²) < 4.78 is 10.7. The van der Waals surface area contributed by atoms with Crippen molar-refractivity contribution in [3.63, 3.8) is 0 Å². The largest absolute Gasteiger partial charge is 0.497 e. The average molecular weight is 326 g/mol. The van der Waals surface area contributed by atoms with Gasteiger partial charge in [0.1, 0.15) is 18.1 Å². The SMILES string of the molecule is COc1ccc(OCCNC(=O)NC2CCc3ccccc32)cc1. The number of methoxy groups -OCH3 is 1. The zero-order valence-corrected chi connectivity index (χ0v) is 13.7. The van der Waals surface area contributed by atoms with Crippen molar-refractivity contribution in [3.05, 3.63) is 59.7 Å². The third kappa shape index (κ3) is 3.98. The van der Waals surface area contributed by atoms with Gasteiger partial charge in [-0.05, 0) is 48.2 Å². The van der Waals surface area contributed by atoms with Crippen LogP contribution in [0.2, 0.25) is 0 Å². The summed E-state index contributed by atoms with van der Waals surface area (Å²) in [6.45, 7) is 0.868. The second-order valence-electron chi connectivity index (χ2n) is 5.71. The van der Waals surface area contributed by atoms with Gasteiger partial charge >= 0.3 is 6.03 Å². The van der Waals surface area contributed by atoms with Crippen LogP contribution in [0.1, 0.15) is 23.6 Å². The first kappa shape index (κ1) is 16.2. The van der Waals surface area contributed by atoms with Gasteiger partial charge in [0.05, 0.1) is 19.7 Å². The number of urea groups is 1. The number of rotatable bonds is 6. The van der Waals surface area contributed by atoms with Gasteiger partial charge in [0.15, 0.2) is 0 Å². The average Bonchev–Trinajstić information content (AvgIpc) is 3.02. The zero-order valence-electron chi connectivity index (χ0n) is 13.7. The van der Waals surface area contributed by atoms with Crippen LogP contribution in [0, 0.1) is 0 Å². The lowest BCUT2D eigenvalue weighted by atomic mass is 10.1. The second kappa shape index (κ2) is 7.73.